The fourth-order valence-electron chi connectivity index (χ4n) is 1.21. The second-order valence-corrected chi connectivity index (χ2v) is 3.90. The van der Waals surface area contributed by atoms with Crippen LogP contribution in [-0.2, 0) is 11.3 Å². The number of nitrogens with two attached hydrogens (primary N) is 1. The van der Waals surface area contributed by atoms with Crippen molar-refractivity contribution in [3.8, 4) is 0 Å². The van der Waals surface area contributed by atoms with E-state index < -0.39 is 0 Å². The van der Waals surface area contributed by atoms with E-state index in [9.17, 15) is 4.79 Å². The average molecular weight is 227 g/mol. The van der Waals surface area contributed by atoms with E-state index in [4.69, 9.17) is 10.8 Å². The maximum atomic E-state index is 11.5. The van der Waals surface area contributed by atoms with Crippen LogP contribution in [0, 0.1) is 5.92 Å². The smallest absolute Gasteiger partial charge is 0.242 e. The van der Waals surface area contributed by atoms with Crippen molar-refractivity contribution in [1.82, 2.24) is 20.1 Å². The highest BCUT2D eigenvalue weighted by Gasteiger charge is 2.15. The molecule has 0 radical (unpaired) electrons. The summed E-state index contributed by atoms with van der Waals surface area (Å²) in [5.74, 6) is 0.0859. The molecule has 0 aromatic carbocycles. The van der Waals surface area contributed by atoms with Crippen molar-refractivity contribution < 1.29 is 9.90 Å². The Morgan fingerprint density at radius 2 is 2.38 bits per heavy atom. The summed E-state index contributed by atoms with van der Waals surface area (Å²) in [6.45, 7) is 3.82. The minimum Gasteiger partial charge on any atom is -0.394 e. The number of nitrogen functional groups attached to an aromatic ring is 1. The lowest BCUT2D eigenvalue weighted by atomic mass is 10.1. The molecular formula is C9H17N5O2. The number of aliphatic hydroxyl groups excluding tert-OH is 1. The average Bonchev–Trinajstić information content (AvgIpc) is 2.60. The molecule has 0 aliphatic heterocycles. The second kappa shape index (κ2) is 5.45. The number of nitrogens with one attached hydrogen (secondary N) is 1. The summed E-state index contributed by atoms with van der Waals surface area (Å²) in [4.78, 5) is 15.2. The second-order valence-electron chi connectivity index (χ2n) is 3.90. The molecule has 1 heterocycles. The van der Waals surface area contributed by atoms with E-state index in [0.29, 0.717) is 0 Å². The van der Waals surface area contributed by atoms with Gasteiger partial charge in [0.15, 0.2) is 0 Å². The molecule has 1 aromatic heterocycles. The SMILES string of the molecule is CC(C)[C@@H](CO)NC(=O)Cn1cnc(N)n1. The fourth-order valence-corrected chi connectivity index (χ4v) is 1.21. The van der Waals surface area contributed by atoms with E-state index in [0.717, 1.165) is 0 Å². The molecule has 0 aliphatic carbocycles. The Morgan fingerprint density at radius 1 is 1.69 bits per heavy atom. The van der Waals surface area contributed by atoms with E-state index in [1.54, 1.807) is 0 Å². The van der Waals surface area contributed by atoms with Gasteiger partial charge < -0.3 is 16.2 Å². The summed E-state index contributed by atoms with van der Waals surface area (Å²) in [6.07, 6.45) is 1.39. The van der Waals surface area contributed by atoms with E-state index in [1.807, 2.05) is 13.8 Å². The van der Waals surface area contributed by atoms with Crippen molar-refractivity contribution in [3.63, 3.8) is 0 Å². The Kier molecular flexibility index (Phi) is 4.24. The molecule has 0 spiro atoms. The van der Waals surface area contributed by atoms with Crippen LogP contribution in [-0.4, -0.2) is 38.4 Å². The first kappa shape index (κ1) is 12.4. The van der Waals surface area contributed by atoms with Gasteiger partial charge >= 0.3 is 0 Å². The number of anilines is 1. The fraction of sp³-hybridized carbons (Fsp3) is 0.667. The van der Waals surface area contributed by atoms with Gasteiger partial charge in [-0.15, -0.1) is 5.10 Å². The van der Waals surface area contributed by atoms with Crippen LogP contribution in [0.1, 0.15) is 13.8 Å². The third-order valence-corrected chi connectivity index (χ3v) is 2.21. The molecule has 0 unspecified atom stereocenters. The van der Waals surface area contributed by atoms with E-state index in [-0.39, 0.29) is 37.0 Å². The zero-order valence-electron chi connectivity index (χ0n) is 9.42. The van der Waals surface area contributed by atoms with Gasteiger partial charge in [-0.25, -0.2) is 9.67 Å². The first-order valence-electron chi connectivity index (χ1n) is 5.08. The summed E-state index contributed by atoms with van der Waals surface area (Å²) >= 11 is 0. The lowest BCUT2D eigenvalue weighted by Crippen LogP contribution is -2.42. The van der Waals surface area contributed by atoms with Gasteiger partial charge in [-0.1, -0.05) is 13.8 Å². The van der Waals surface area contributed by atoms with Crippen molar-refractivity contribution in [1.29, 1.82) is 0 Å². The number of amides is 1. The minimum atomic E-state index is -0.242. The number of aliphatic hydroxyl groups is 1. The zero-order chi connectivity index (χ0) is 12.1. The van der Waals surface area contributed by atoms with Crippen molar-refractivity contribution in [2.24, 2.45) is 5.92 Å². The van der Waals surface area contributed by atoms with Crippen LogP contribution in [0.25, 0.3) is 0 Å². The number of hydrogen-bond donors (Lipinski definition) is 3. The Labute approximate surface area is 93.7 Å². The first-order chi connectivity index (χ1) is 7.52. The maximum Gasteiger partial charge on any atom is 0.242 e. The van der Waals surface area contributed by atoms with Gasteiger partial charge in [0, 0.05) is 0 Å². The van der Waals surface area contributed by atoms with Crippen LogP contribution < -0.4 is 11.1 Å². The van der Waals surface area contributed by atoms with Crippen molar-refractivity contribution in [3.05, 3.63) is 6.33 Å². The van der Waals surface area contributed by atoms with Crippen molar-refractivity contribution in [2.45, 2.75) is 26.4 Å². The highest BCUT2D eigenvalue weighted by atomic mass is 16.3. The van der Waals surface area contributed by atoms with Gasteiger partial charge in [0.05, 0.1) is 12.6 Å². The first-order valence-corrected chi connectivity index (χ1v) is 5.08. The summed E-state index contributed by atoms with van der Waals surface area (Å²) in [5, 5.41) is 15.5. The highest BCUT2D eigenvalue weighted by Crippen LogP contribution is 2.00. The monoisotopic (exact) mass is 227 g/mol. The molecule has 1 amide bonds. The maximum absolute atomic E-state index is 11.5. The molecule has 1 aromatic rings. The van der Waals surface area contributed by atoms with Crippen LogP contribution in [0.3, 0.4) is 0 Å². The third-order valence-electron chi connectivity index (χ3n) is 2.21. The Morgan fingerprint density at radius 3 is 2.81 bits per heavy atom. The predicted molar refractivity (Wildman–Crippen MR) is 58.3 cm³/mol. The summed E-state index contributed by atoms with van der Waals surface area (Å²) in [5.41, 5.74) is 5.32. The molecule has 0 saturated heterocycles. The molecule has 1 rings (SSSR count). The molecule has 0 aliphatic rings. The van der Waals surface area contributed by atoms with Crippen LogP contribution >= 0.6 is 0 Å². The highest BCUT2D eigenvalue weighted by molar-refractivity contribution is 5.75. The summed E-state index contributed by atoms with van der Waals surface area (Å²) < 4.78 is 1.35. The number of hydrogen-bond acceptors (Lipinski definition) is 5. The van der Waals surface area contributed by atoms with E-state index >= 15 is 0 Å². The van der Waals surface area contributed by atoms with Crippen molar-refractivity contribution in [2.75, 3.05) is 12.3 Å². The molecule has 0 fully saturated rings. The van der Waals surface area contributed by atoms with Gasteiger partial charge in [-0.3, -0.25) is 4.79 Å². The van der Waals surface area contributed by atoms with Gasteiger partial charge in [-0.05, 0) is 5.92 Å². The number of aromatic nitrogens is 3. The number of carbonyl (C=O) groups excluding carboxylic acids is 1. The normalized spacial score (nSPS) is 12.8. The lowest BCUT2D eigenvalue weighted by Gasteiger charge is -2.19. The minimum absolute atomic E-state index is 0.0490. The Balaban J connectivity index is 2.47. The largest absolute Gasteiger partial charge is 0.394 e. The van der Waals surface area contributed by atoms with E-state index in [2.05, 4.69) is 15.4 Å². The zero-order valence-corrected chi connectivity index (χ0v) is 9.42. The van der Waals surface area contributed by atoms with Crippen LogP contribution in [0.5, 0.6) is 0 Å². The van der Waals surface area contributed by atoms with Gasteiger partial charge in [0.2, 0.25) is 11.9 Å². The standard InChI is InChI=1S/C9H17N5O2/c1-6(2)7(4-15)12-8(16)3-14-5-11-9(10)13-14/h5-7,15H,3-4H2,1-2H3,(H2,10,13)(H,12,16)/t7-/m1/s1. The number of carbonyl (C=O) groups is 1. The van der Waals surface area contributed by atoms with Gasteiger partial charge in [0.25, 0.3) is 0 Å². The molecule has 0 bridgehead atoms. The lowest BCUT2D eigenvalue weighted by molar-refractivity contribution is -0.123. The van der Waals surface area contributed by atoms with Gasteiger partial charge in [0.1, 0.15) is 12.9 Å². The molecular weight excluding hydrogens is 210 g/mol. The summed E-state index contributed by atoms with van der Waals surface area (Å²) in [6, 6.07) is -0.242. The molecule has 16 heavy (non-hydrogen) atoms. The van der Waals surface area contributed by atoms with Crippen LogP contribution in [0.2, 0.25) is 0 Å². The quantitative estimate of drug-likeness (QED) is 0.598. The number of nitrogens with zero attached hydrogens (tertiary/aromatic N) is 3. The molecule has 7 heteroatoms. The number of rotatable bonds is 5. The topological polar surface area (TPSA) is 106 Å². The molecule has 90 valence electrons. The third kappa shape index (κ3) is 3.50. The van der Waals surface area contributed by atoms with Crippen molar-refractivity contribution >= 4 is 11.9 Å². The molecule has 7 nitrogen and oxygen atoms in total. The Bertz CT molecular complexity index is 349. The summed E-state index contributed by atoms with van der Waals surface area (Å²) in [7, 11) is 0. The van der Waals surface area contributed by atoms with E-state index in [1.165, 1.54) is 11.0 Å². The van der Waals surface area contributed by atoms with Crippen LogP contribution in [0.4, 0.5) is 5.95 Å². The molecule has 0 saturated carbocycles. The molecule has 4 N–H and O–H groups in total. The van der Waals surface area contributed by atoms with Crippen LogP contribution in [0.15, 0.2) is 6.33 Å². The van der Waals surface area contributed by atoms with Gasteiger partial charge in [-0.2, -0.15) is 0 Å². The predicted octanol–water partition coefficient (Wildman–Crippen LogP) is -1.01. The molecule has 1 atom stereocenters. The Hall–Kier alpha value is -1.63.